The third-order valence-corrected chi connectivity index (χ3v) is 5.30. The van der Waals surface area contributed by atoms with Crippen molar-refractivity contribution in [2.75, 3.05) is 0 Å². The molecule has 2 amide bonds. The van der Waals surface area contributed by atoms with Gasteiger partial charge in [0.05, 0.1) is 0 Å². The van der Waals surface area contributed by atoms with Gasteiger partial charge in [0.25, 0.3) is 0 Å². The molecule has 1 atom stereocenters. The largest absolute Gasteiger partial charge is 0.340 e. The number of amides is 2. The molecule has 20 heavy (non-hydrogen) atoms. The van der Waals surface area contributed by atoms with Crippen molar-refractivity contribution in [3.05, 3.63) is 21.9 Å². The maximum absolute atomic E-state index is 12.8. The van der Waals surface area contributed by atoms with Gasteiger partial charge in [-0.15, -0.1) is 0 Å². The zero-order chi connectivity index (χ0) is 14.9. The highest BCUT2D eigenvalue weighted by Crippen LogP contribution is 2.27. The smallest absolute Gasteiger partial charge is 0.249 e. The second-order valence-electron chi connectivity index (χ2n) is 5.47. The van der Waals surface area contributed by atoms with E-state index in [0.29, 0.717) is 19.4 Å². The molecule has 4 nitrogen and oxygen atoms in total. The van der Waals surface area contributed by atoms with E-state index in [4.69, 9.17) is 0 Å². The van der Waals surface area contributed by atoms with Gasteiger partial charge in [-0.2, -0.15) is 11.3 Å². The van der Waals surface area contributed by atoms with Crippen LogP contribution >= 0.6 is 11.3 Å². The molecule has 5 heteroatoms. The Morgan fingerprint density at radius 2 is 1.95 bits per heavy atom. The molecule has 1 fully saturated rings. The minimum Gasteiger partial charge on any atom is -0.340 e. The first-order chi connectivity index (χ1) is 9.45. The molecule has 1 N–H and O–H groups in total. The van der Waals surface area contributed by atoms with Crippen LogP contribution in [0.25, 0.3) is 0 Å². The highest BCUT2D eigenvalue weighted by molar-refractivity contribution is 7.08. The average Bonchev–Trinajstić information content (AvgIpc) is 2.84. The van der Waals surface area contributed by atoms with E-state index in [1.165, 1.54) is 5.56 Å². The summed E-state index contributed by atoms with van der Waals surface area (Å²) in [5.41, 5.74) is 1.58. The number of thiophene rings is 1. The van der Waals surface area contributed by atoms with E-state index >= 15 is 0 Å². The van der Waals surface area contributed by atoms with Gasteiger partial charge < -0.3 is 10.2 Å². The summed E-state index contributed by atoms with van der Waals surface area (Å²) < 4.78 is 0. The van der Waals surface area contributed by atoms with Crippen LogP contribution in [0.3, 0.4) is 0 Å². The highest BCUT2D eigenvalue weighted by atomic mass is 32.1. The van der Waals surface area contributed by atoms with Crippen molar-refractivity contribution in [3.63, 3.8) is 0 Å². The number of aryl methyl sites for hydroxylation is 1. The Bertz CT molecular complexity index is 520. The molecule has 110 valence electrons. The van der Waals surface area contributed by atoms with Gasteiger partial charge in [-0.1, -0.05) is 13.8 Å². The van der Waals surface area contributed by atoms with Crippen LogP contribution in [0, 0.1) is 6.92 Å². The van der Waals surface area contributed by atoms with Crippen molar-refractivity contribution in [3.8, 4) is 0 Å². The van der Waals surface area contributed by atoms with Gasteiger partial charge in [-0.25, -0.2) is 0 Å². The van der Waals surface area contributed by atoms with Crippen LogP contribution in [-0.4, -0.2) is 28.3 Å². The minimum absolute atomic E-state index is 0.0419. The second-order valence-corrected chi connectivity index (χ2v) is 6.21. The fourth-order valence-electron chi connectivity index (χ4n) is 2.66. The summed E-state index contributed by atoms with van der Waals surface area (Å²) in [4.78, 5) is 26.7. The van der Waals surface area contributed by atoms with Gasteiger partial charge in [-0.3, -0.25) is 9.59 Å². The summed E-state index contributed by atoms with van der Waals surface area (Å²) in [5, 5.41) is 7.05. The molecule has 0 spiro atoms. The summed E-state index contributed by atoms with van der Waals surface area (Å²) >= 11 is 1.63. The van der Waals surface area contributed by atoms with Crippen molar-refractivity contribution in [2.24, 2.45) is 0 Å². The van der Waals surface area contributed by atoms with E-state index in [9.17, 15) is 9.59 Å². The molecule has 0 saturated carbocycles. The first-order valence-electron chi connectivity index (χ1n) is 7.10. The quantitative estimate of drug-likeness (QED) is 0.927. The molecule has 0 radical (unpaired) electrons. The Balaban J connectivity index is 2.31. The van der Waals surface area contributed by atoms with E-state index in [1.807, 2.05) is 20.8 Å². The SMILES string of the molecule is CCC1(CC)NC(=O)C(C)N(Cc2cscc2C)C1=O. The molecule has 1 aromatic heterocycles. The Labute approximate surface area is 124 Å². The van der Waals surface area contributed by atoms with Crippen LogP contribution in [-0.2, 0) is 16.1 Å². The molecular formula is C15H22N2O2S. The van der Waals surface area contributed by atoms with Gasteiger partial charge >= 0.3 is 0 Å². The van der Waals surface area contributed by atoms with Crippen LogP contribution < -0.4 is 5.32 Å². The maximum atomic E-state index is 12.8. The number of nitrogens with one attached hydrogen (secondary N) is 1. The molecule has 0 aliphatic carbocycles. The molecule has 2 rings (SSSR count). The molecule has 1 saturated heterocycles. The number of rotatable bonds is 4. The molecule has 1 aromatic rings. The summed E-state index contributed by atoms with van der Waals surface area (Å²) in [6, 6.07) is -0.409. The summed E-state index contributed by atoms with van der Waals surface area (Å²) in [6.07, 6.45) is 1.25. The van der Waals surface area contributed by atoms with Crippen LogP contribution in [0.5, 0.6) is 0 Å². The van der Waals surface area contributed by atoms with Gasteiger partial charge in [0.1, 0.15) is 11.6 Å². The number of hydrogen-bond acceptors (Lipinski definition) is 3. The number of carbonyl (C=O) groups excluding carboxylic acids is 2. The van der Waals surface area contributed by atoms with Crippen LogP contribution in [0.1, 0.15) is 44.7 Å². The van der Waals surface area contributed by atoms with E-state index < -0.39 is 11.6 Å². The number of hydrogen-bond donors (Lipinski definition) is 1. The van der Waals surface area contributed by atoms with Crippen molar-refractivity contribution in [1.29, 1.82) is 0 Å². The van der Waals surface area contributed by atoms with E-state index in [0.717, 1.165) is 5.56 Å². The van der Waals surface area contributed by atoms with Crippen molar-refractivity contribution < 1.29 is 9.59 Å². The molecular weight excluding hydrogens is 272 g/mol. The van der Waals surface area contributed by atoms with Crippen molar-refractivity contribution in [2.45, 2.75) is 58.7 Å². The molecule has 1 aliphatic rings. The summed E-state index contributed by atoms with van der Waals surface area (Å²) in [5.74, 6) is -0.0126. The maximum Gasteiger partial charge on any atom is 0.249 e. The Kier molecular flexibility index (Phi) is 4.18. The van der Waals surface area contributed by atoms with E-state index in [1.54, 1.807) is 23.2 Å². The Morgan fingerprint density at radius 3 is 2.45 bits per heavy atom. The lowest BCUT2D eigenvalue weighted by molar-refractivity contribution is -0.155. The predicted molar refractivity (Wildman–Crippen MR) is 80.5 cm³/mol. The first kappa shape index (κ1) is 15.0. The fraction of sp³-hybridized carbons (Fsp3) is 0.600. The predicted octanol–water partition coefficient (Wildman–Crippen LogP) is 2.46. The van der Waals surface area contributed by atoms with Crippen molar-refractivity contribution >= 4 is 23.2 Å². The second kappa shape index (κ2) is 5.56. The minimum atomic E-state index is -0.729. The number of carbonyl (C=O) groups is 2. The molecule has 0 aromatic carbocycles. The zero-order valence-corrected chi connectivity index (χ0v) is 13.3. The molecule has 1 aliphatic heterocycles. The third-order valence-electron chi connectivity index (χ3n) is 4.39. The number of piperazine rings is 1. The monoisotopic (exact) mass is 294 g/mol. The van der Waals surface area contributed by atoms with E-state index in [-0.39, 0.29) is 11.8 Å². The molecule has 1 unspecified atom stereocenters. The van der Waals surface area contributed by atoms with Crippen LogP contribution in [0.4, 0.5) is 0 Å². The van der Waals surface area contributed by atoms with Crippen LogP contribution in [0.2, 0.25) is 0 Å². The number of nitrogens with zero attached hydrogens (tertiary/aromatic N) is 1. The standard InChI is InChI=1S/C15H22N2O2S/c1-5-15(6-2)14(19)17(11(4)13(18)16-15)7-12-9-20-8-10(12)3/h8-9,11H,5-7H2,1-4H3,(H,16,18). The van der Waals surface area contributed by atoms with Gasteiger partial charge in [0.2, 0.25) is 11.8 Å². The normalized spacial score (nSPS) is 22.0. The lowest BCUT2D eigenvalue weighted by Gasteiger charge is -2.44. The highest BCUT2D eigenvalue weighted by Gasteiger charge is 2.47. The third kappa shape index (κ3) is 2.35. The van der Waals surface area contributed by atoms with Gasteiger partial charge in [0, 0.05) is 6.54 Å². The molecule has 2 heterocycles. The van der Waals surface area contributed by atoms with E-state index in [2.05, 4.69) is 16.1 Å². The van der Waals surface area contributed by atoms with Gasteiger partial charge in [-0.05, 0) is 48.6 Å². The van der Waals surface area contributed by atoms with Crippen molar-refractivity contribution in [1.82, 2.24) is 10.2 Å². The zero-order valence-electron chi connectivity index (χ0n) is 12.5. The topological polar surface area (TPSA) is 49.4 Å². The first-order valence-corrected chi connectivity index (χ1v) is 8.04. The fourth-order valence-corrected chi connectivity index (χ4v) is 3.50. The van der Waals surface area contributed by atoms with Gasteiger partial charge in [0.15, 0.2) is 0 Å². The lowest BCUT2D eigenvalue weighted by Crippen LogP contribution is -2.69. The van der Waals surface area contributed by atoms with Crippen LogP contribution in [0.15, 0.2) is 10.8 Å². The molecule has 0 bridgehead atoms. The summed E-state index contributed by atoms with van der Waals surface area (Å²) in [7, 11) is 0. The Hall–Kier alpha value is -1.36. The Morgan fingerprint density at radius 1 is 1.30 bits per heavy atom. The summed E-state index contributed by atoms with van der Waals surface area (Å²) in [6.45, 7) is 8.25. The lowest BCUT2D eigenvalue weighted by atomic mass is 9.87. The average molecular weight is 294 g/mol.